The zero-order valence-electron chi connectivity index (χ0n) is 11.4. The van der Waals surface area contributed by atoms with Gasteiger partial charge in [-0.3, -0.25) is 0 Å². The first kappa shape index (κ1) is 14.1. The molecule has 20 heavy (non-hydrogen) atoms. The van der Waals surface area contributed by atoms with Gasteiger partial charge in [0.2, 0.25) is 0 Å². The minimum atomic E-state index is -0.553. The van der Waals surface area contributed by atoms with E-state index in [0.29, 0.717) is 5.69 Å². The van der Waals surface area contributed by atoms with Crippen molar-refractivity contribution in [1.29, 1.82) is 0 Å². The monoisotopic (exact) mass is 273 g/mol. The summed E-state index contributed by atoms with van der Waals surface area (Å²) in [5.74, 6) is 0.978. The summed E-state index contributed by atoms with van der Waals surface area (Å²) in [6.45, 7) is 2.94. The summed E-state index contributed by atoms with van der Waals surface area (Å²) < 4.78 is 0. The van der Waals surface area contributed by atoms with E-state index >= 15 is 0 Å². The predicted octanol–water partition coefficient (Wildman–Crippen LogP) is 1.79. The summed E-state index contributed by atoms with van der Waals surface area (Å²) in [6.07, 6.45) is 4.44. The summed E-state index contributed by atoms with van der Waals surface area (Å²) in [5.41, 5.74) is 6.91. The number of aromatic amines is 1. The summed E-state index contributed by atoms with van der Waals surface area (Å²) in [4.78, 5) is 18.0. The molecular formula is C14H19N5O. The predicted molar refractivity (Wildman–Crippen MR) is 78.4 cm³/mol. The molecular weight excluding hydrogens is 254 g/mol. The second-order valence-corrected chi connectivity index (χ2v) is 4.57. The molecule has 2 rings (SSSR count). The summed E-state index contributed by atoms with van der Waals surface area (Å²) in [5, 5.41) is 5.96. The molecule has 2 amide bonds. The van der Waals surface area contributed by atoms with Crippen molar-refractivity contribution in [2.24, 2.45) is 5.73 Å². The number of hydrogen-bond donors (Lipinski definition) is 4. The van der Waals surface area contributed by atoms with Gasteiger partial charge < -0.3 is 21.4 Å². The Labute approximate surface area is 117 Å². The van der Waals surface area contributed by atoms with Crippen LogP contribution in [0.25, 0.3) is 0 Å². The lowest BCUT2D eigenvalue weighted by molar-refractivity contribution is 0.259. The average molecular weight is 273 g/mol. The molecule has 0 bridgehead atoms. The first-order chi connectivity index (χ1) is 9.65. The molecule has 0 fully saturated rings. The number of nitrogens with two attached hydrogens (primary N) is 1. The fourth-order valence-electron chi connectivity index (χ4n) is 1.96. The number of imidazole rings is 1. The van der Waals surface area contributed by atoms with Crippen LogP contribution >= 0.6 is 0 Å². The molecule has 106 valence electrons. The van der Waals surface area contributed by atoms with Gasteiger partial charge >= 0.3 is 6.03 Å². The van der Waals surface area contributed by atoms with Crippen LogP contribution in [-0.2, 0) is 6.42 Å². The molecule has 0 aliphatic heterocycles. The van der Waals surface area contributed by atoms with Crippen LogP contribution in [0.4, 0.5) is 10.5 Å². The Hall–Kier alpha value is -2.34. The molecule has 1 atom stereocenters. The van der Waals surface area contributed by atoms with E-state index in [-0.39, 0.29) is 6.04 Å². The maximum Gasteiger partial charge on any atom is 0.316 e. The zero-order chi connectivity index (χ0) is 14.4. The number of amides is 2. The second-order valence-electron chi connectivity index (χ2n) is 4.57. The smallest absolute Gasteiger partial charge is 0.316 e. The van der Waals surface area contributed by atoms with Crippen LogP contribution in [0.1, 0.15) is 24.4 Å². The Morgan fingerprint density at radius 3 is 2.75 bits per heavy atom. The zero-order valence-corrected chi connectivity index (χ0v) is 11.4. The maximum atomic E-state index is 10.7. The summed E-state index contributed by atoms with van der Waals surface area (Å²) in [6, 6.07) is 7.29. The van der Waals surface area contributed by atoms with E-state index < -0.39 is 6.03 Å². The van der Waals surface area contributed by atoms with Gasteiger partial charge in [-0.15, -0.1) is 0 Å². The molecule has 5 N–H and O–H groups in total. The highest BCUT2D eigenvalue weighted by molar-refractivity contribution is 5.87. The largest absolute Gasteiger partial charge is 0.351 e. The van der Waals surface area contributed by atoms with Crippen molar-refractivity contribution < 1.29 is 4.79 Å². The summed E-state index contributed by atoms with van der Waals surface area (Å²) >= 11 is 0. The summed E-state index contributed by atoms with van der Waals surface area (Å²) in [7, 11) is 0. The Bertz CT molecular complexity index is 535. The Balaban J connectivity index is 1.82. The molecule has 0 aliphatic rings. The molecule has 1 aromatic carbocycles. The van der Waals surface area contributed by atoms with Crippen LogP contribution in [0.15, 0.2) is 36.7 Å². The third kappa shape index (κ3) is 4.10. The highest BCUT2D eigenvalue weighted by Gasteiger charge is 2.05. The number of rotatable bonds is 6. The van der Waals surface area contributed by atoms with E-state index in [1.807, 2.05) is 30.5 Å². The van der Waals surface area contributed by atoms with Gasteiger partial charge in [0.25, 0.3) is 0 Å². The van der Waals surface area contributed by atoms with Gasteiger partial charge in [-0.25, -0.2) is 9.78 Å². The Morgan fingerprint density at radius 2 is 2.15 bits per heavy atom. The van der Waals surface area contributed by atoms with E-state index in [9.17, 15) is 4.79 Å². The normalized spacial score (nSPS) is 12.1. The first-order valence-corrected chi connectivity index (χ1v) is 6.53. The molecule has 0 radical (unpaired) electrons. The molecule has 6 heteroatoms. The van der Waals surface area contributed by atoms with Gasteiger partial charge in [-0.05, 0) is 24.6 Å². The van der Waals surface area contributed by atoms with E-state index in [2.05, 4.69) is 27.5 Å². The van der Waals surface area contributed by atoms with Crippen molar-refractivity contribution in [3.63, 3.8) is 0 Å². The van der Waals surface area contributed by atoms with E-state index in [0.717, 1.165) is 24.4 Å². The van der Waals surface area contributed by atoms with Gasteiger partial charge in [0.1, 0.15) is 5.82 Å². The lowest BCUT2D eigenvalue weighted by Crippen LogP contribution is -2.22. The van der Waals surface area contributed by atoms with Gasteiger partial charge in [0.15, 0.2) is 0 Å². The lowest BCUT2D eigenvalue weighted by atomic mass is 10.1. The second kappa shape index (κ2) is 6.72. The minimum Gasteiger partial charge on any atom is -0.351 e. The molecule has 2 aromatic rings. The molecule has 0 saturated heterocycles. The van der Waals surface area contributed by atoms with Crippen molar-refractivity contribution in [1.82, 2.24) is 15.3 Å². The minimum absolute atomic E-state index is 0.229. The third-order valence-corrected chi connectivity index (χ3v) is 3.05. The average Bonchev–Trinajstić information content (AvgIpc) is 2.92. The number of H-pyrrole nitrogens is 1. The third-order valence-electron chi connectivity index (χ3n) is 3.05. The molecule has 0 saturated carbocycles. The van der Waals surface area contributed by atoms with Crippen molar-refractivity contribution in [3.8, 4) is 0 Å². The van der Waals surface area contributed by atoms with Crippen molar-refractivity contribution in [2.75, 3.05) is 11.9 Å². The van der Waals surface area contributed by atoms with Crippen LogP contribution in [0, 0.1) is 0 Å². The molecule has 1 unspecified atom stereocenters. The number of nitrogens with zero attached hydrogens (tertiary/aromatic N) is 1. The topological polar surface area (TPSA) is 95.8 Å². The van der Waals surface area contributed by atoms with Gasteiger partial charge in [-0.2, -0.15) is 0 Å². The van der Waals surface area contributed by atoms with Crippen molar-refractivity contribution in [3.05, 3.63) is 48.0 Å². The molecule has 1 aromatic heterocycles. The Morgan fingerprint density at radius 1 is 1.40 bits per heavy atom. The van der Waals surface area contributed by atoms with Gasteiger partial charge in [0.05, 0.1) is 0 Å². The van der Waals surface area contributed by atoms with Gasteiger partial charge in [-0.1, -0.05) is 12.1 Å². The number of carbonyl (C=O) groups is 1. The number of hydrogen-bond acceptors (Lipinski definition) is 3. The number of urea groups is 1. The highest BCUT2D eigenvalue weighted by atomic mass is 16.2. The SMILES string of the molecule is CC(NCCc1ncc[nH]1)c1ccc(NC(N)=O)cc1. The van der Waals surface area contributed by atoms with Crippen LogP contribution in [-0.4, -0.2) is 22.5 Å². The number of aromatic nitrogens is 2. The Kier molecular flexibility index (Phi) is 4.73. The van der Waals surface area contributed by atoms with Crippen molar-refractivity contribution >= 4 is 11.7 Å². The standard InChI is InChI=1S/C14H19N5O/c1-10(16-7-6-13-17-8-9-18-13)11-2-4-12(5-3-11)19-14(15)20/h2-5,8-10,16H,6-7H2,1H3,(H,17,18)(H3,15,19,20). The number of carbonyl (C=O) groups excluding carboxylic acids is 1. The highest BCUT2D eigenvalue weighted by Crippen LogP contribution is 2.15. The fraction of sp³-hybridized carbons (Fsp3) is 0.286. The molecule has 6 nitrogen and oxygen atoms in total. The number of anilines is 1. The lowest BCUT2D eigenvalue weighted by Gasteiger charge is -2.14. The number of nitrogens with one attached hydrogen (secondary N) is 3. The van der Waals surface area contributed by atoms with E-state index in [4.69, 9.17) is 5.73 Å². The maximum absolute atomic E-state index is 10.7. The molecule has 0 aliphatic carbocycles. The van der Waals surface area contributed by atoms with Crippen LogP contribution < -0.4 is 16.4 Å². The quantitative estimate of drug-likeness (QED) is 0.646. The van der Waals surface area contributed by atoms with Gasteiger partial charge in [0, 0.05) is 37.1 Å². The molecule has 0 spiro atoms. The van der Waals surface area contributed by atoms with Crippen LogP contribution in [0.5, 0.6) is 0 Å². The van der Waals surface area contributed by atoms with E-state index in [1.54, 1.807) is 6.20 Å². The number of benzene rings is 1. The number of primary amides is 1. The van der Waals surface area contributed by atoms with Crippen LogP contribution in [0.3, 0.4) is 0 Å². The van der Waals surface area contributed by atoms with E-state index in [1.165, 1.54) is 0 Å². The fourth-order valence-corrected chi connectivity index (χ4v) is 1.96. The van der Waals surface area contributed by atoms with Crippen LogP contribution in [0.2, 0.25) is 0 Å². The molecule has 1 heterocycles. The first-order valence-electron chi connectivity index (χ1n) is 6.53. The van der Waals surface area contributed by atoms with Crippen molar-refractivity contribution in [2.45, 2.75) is 19.4 Å².